The van der Waals surface area contributed by atoms with Gasteiger partial charge in [-0.1, -0.05) is 121 Å². The first-order chi connectivity index (χ1) is 21.8. The van der Waals surface area contributed by atoms with Crippen LogP contribution in [0.2, 0.25) is 0 Å². The fourth-order valence-corrected chi connectivity index (χ4v) is 6.30. The van der Waals surface area contributed by atoms with E-state index in [1.807, 2.05) is 6.20 Å². The minimum atomic E-state index is 0.484. The molecule has 1 N–H and O–H groups in total. The van der Waals surface area contributed by atoms with Gasteiger partial charge in [-0.25, -0.2) is 4.98 Å². The third kappa shape index (κ3) is 4.54. The van der Waals surface area contributed by atoms with Gasteiger partial charge in [0, 0.05) is 17.3 Å². The second-order valence-corrected chi connectivity index (χ2v) is 10.8. The topological polar surface area (TPSA) is 47.3 Å². The quantitative estimate of drug-likeness (QED) is 0.217. The molecule has 0 amide bonds. The number of ether oxygens (including phenoxy) is 1. The molecule has 0 fully saturated rings. The summed E-state index contributed by atoms with van der Waals surface area (Å²) in [5, 5.41) is 5.54. The van der Waals surface area contributed by atoms with Crippen molar-refractivity contribution in [2.24, 2.45) is 0 Å². The summed E-state index contributed by atoms with van der Waals surface area (Å²) in [5.74, 6) is 1.59. The molecular formula is C40H28N2O2. The smallest absolute Gasteiger partial charge is 0.181 e. The summed E-state index contributed by atoms with van der Waals surface area (Å²) >= 11 is 0. The van der Waals surface area contributed by atoms with Crippen molar-refractivity contribution in [3.8, 4) is 55.8 Å². The van der Waals surface area contributed by atoms with Gasteiger partial charge in [0.1, 0.15) is 5.76 Å². The number of oxazole rings is 1. The molecule has 0 bridgehead atoms. The van der Waals surface area contributed by atoms with E-state index >= 15 is 0 Å². The van der Waals surface area contributed by atoms with Crippen LogP contribution in [0.4, 0.5) is 0 Å². The second-order valence-electron chi connectivity index (χ2n) is 10.8. The second kappa shape index (κ2) is 11.1. The van der Waals surface area contributed by atoms with Crippen LogP contribution in [0.15, 0.2) is 157 Å². The van der Waals surface area contributed by atoms with Gasteiger partial charge in [-0.3, -0.25) is 0 Å². The molecule has 210 valence electrons. The Bertz CT molecular complexity index is 2130. The summed E-state index contributed by atoms with van der Waals surface area (Å²) < 4.78 is 11.6. The van der Waals surface area contributed by atoms with E-state index in [9.17, 15) is 0 Å². The zero-order valence-electron chi connectivity index (χ0n) is 23.9. The number of hydrogen-bond donors (Lipinski definition) is 1. The number of benzene rings is 6. The first kappa shape index (κ1) is 25.8. The lowest BCUT2D eigenvalue weighted by molar-refractivity contribution is 0.291. The van der Waals surface area contributed by atoms with Crippen molar-refractivity contribution in [2.45, 2.75) is 0 Å². The van der Waals surface area contributed by atoms with Gasteiger partial charge in [-0.05, 0) is 67.4 Å². The van der Waals surface area contributed by atoms with E-state index in [1.165, 1.54) is 39.4 Å². The highest BCUT2D eigenvalue weighted by Gasteiger charge is 2.24. The molecule has 2 heterocycles. The fourth-order valence-electron chi connectivity index (χ4n) is 6.30. The molecule has 44 heavy (non-hydrogen) atoms. The zero-order chi connectivity index (χ0) is 29.3. The number of nitrogens with one attached hydrogen (secondary N) is 1. The lowest BCUT2D eigenvalue weighted by Gasteiger charge is -2.24. The molecule has 0 aliphatic carbocycles. The van der Waals surface area contributed by atoms with E-state index in [2.05, 4.69) is 144 Å². The highest BCUT2D eigenvalue weighted by Crippen LogP contribution is 2.51. The Hall–Kier alpha value is -5.87. The van der Waals surface area contributed by atoms with Crippen LogP contribution in [-0.2, 0) is 4.74 Å². The Morgan fingerprint density at radius 2 is 1.02 bits per heavy atom. The van der Waals surface area contributed by atoms with Crippen molar-refractivity contribution in [3.05, 3.63) is 158 Å². The Morgan fingerprint density at radius 3 is 1.57 bits per heavy atom. The molecule has 1 aliphatic rings. The predicted octanol–water partition coefficient (Wildman–Crippen LogP) is 10.0. The predicted molar refractivity (Wildman–Crippen MR) is 178 cm³/mol. The summed E-state index contributed by atoms with van der Waals surface area (Å²) in [6.07, 6.45) is 5.18. The standard InChI is InChI=1S/C40H28N2O2/c1-3-11-27(12-4-1)39-37(31-17-9-15-29(21-31)35-23-41-25-43-35)33-19-7-8-20-34(33)38(40(39)28-13-5-2-6-14-28)32-18-10-16-30(22-32)36-24-42-26-44-36/h1-25,42H,26H2. The van der Waals surface area contributed by atoms with Gasteiger partial charge in [-0.15, -0.1) is 0 Å². The maximum absolute atomic E-state index is 5.88. The van der Waals surface area contributed by atoms with E-state index in [-0.39, 0.29) is 0 Å². The van der Waals surface area contributed by atoms with E-state index in [1.54, 1.807) is 6.20 Å². The number of hydrogen-bond acceptors (Lipinski definition) is 4. The molecule has 4 nitrogen and oxygen atoms in total. The lowest BCUT2D eigenvalue weighted by Crippen LogP contribution is -1.99. The van der Waals surface area contributed by atoms with Crippen molar-refractivity contribution in [2.75, 3.05) is 6.73 Å². The van der Waals surface area contributed by atoms with Crippen molar-refractivity contribution in [3.63, 3.8) is 0 Å². The van der Waals surface area contributed by atoms with Gasteiger partial charge < -0.3 is 14.5 Å². The summed E-state index contributed by atoms with van der Waals surface area (Å²) in [6.45, 7) is 0.484. The molecule has 7 aromatic rings. The average Bonchev–Trinajstić information content (AvgIpc) is 3.84. The molecule has 0 atom stereocenters. The minimum absolute atomic E-state index is 0.484. The van der Waals surface area contributed by atoms with E-state index < -0.39 is 0 Å². The van der Waals surface area contributed by atoms with Gasteiger partial charge >= 0.3 is 0 Å². The maximum atomic E-state index is 5.88. The van der Waals surface area contributed by atoms with Gasteiger partial charge in [0.15, 0.2) is 18.9 Å². The Labute approximate surface area is 255 Å². The first-order valence-corrected chi connectivity index (χ1v) is 14.7. The maximum Gasteiger partial charge on any atom is 0.181 e. The monoisotopic (exact) mass is 568 g/mol. The molecule has 0 saturated carbocycles. The number of fused-ring (bicyclic) bond motifs is 1. The molecule has 1 aromatic heterocycles. The third-order valence-corrected chi connectivity index (χ3v) is 8.19. The van der Waals surface area contributed by atoms with Crippen LogP contribution in [0.3, 0.4) is 0 Å². The van der Waals surface area contributed by atoms with E-state index in [0.29, 0.717) is 6.73 Å². The molecule has 6 aromatic carbocycles. The molecule has 0 radical (unpaired) electrons. The van der Waals surface area contributed by atoms with Crippen LogP contribution >= 0.6 is 0 Å². The fraction of sp³-hybridized carbons (Fsp3) is 0.0250. The Morgan fingerprint density at radius 1 is 0.500 bits per heavy atom. The molecule has 0 unspecified atom stereocenters. The van der Waals surface area contributed by atoms with Gasteiger partial charge in [0.05, 0.1) is 6.20 Å². The number of nitrogens with zero attached hydrogens (tertiary/aromatic N) is 1. The van der Waals surface area contributed by atoms with Crippen molar-refractivity contribution >= 4 is 16.5 Å². The Balaban J connectivity index is 1.53. The van der Waals surface area contributed by atoms with Crippen molar-refractivity contribution in [1.82, 2.24) is 10.3 Å². The molecule has 8 rings (SSSR count). The molecule has 0 spiro atoms. The van der Waals surface area contributed by atoms with E-state index in [4.69, 9.17) is 9.15 Å². The average molecular weight is 569 g/mol. The summed E-state index contributed by atoms with van der Waals surface area (Å²) in [7, 11) is 0. The lowest BCUT2D eigenvalue weighted by atomic mass is 9.78. The highest BCUT2D eigenvalue weighted by molar-refractivity contribution is 6.18. The molecule has 0 saturated heterocycles. The van der Waals surface area contributed by atoms with Gasteiger partial charge in [0.2, 0.25) is 0 Å². The van der Waals surface area contributed by atoms with Crippen molar-refractivity contribution < 1.29 is 9.15 Å². The first-order valence-electron chi connectivity index (χ1n) is 14.7. The minimum Gasteiger partial charge on any atom is -0.471 e. The zero-order valence-corrected chi connectivity index (χ0v) is 23.9. The number of aromatic nitrogens is 1. The highest BCUT2D eigenvalue weighted by atomic mass is 16.5. The van der Waals surface area contributed by atoms with Crippen LogP contribution < -0.4 is 5.32 Å². The molecular weight excluding hydrogens is 540 g/mol. The van der Waals surface area contributed by atoms with Gasteiger partial charge in [-0.2, -0.15) is 0 Å². The van der Waals surface area contributed by atoms with E-state index in [0.717, 1.165) is 44.9 Å². The third-order valence-electron chi connectivity index (χ3n) is 8.19. The summed E-state index contributed by atoms with van der Waals surface area (Å²) in [5.41, 5.74) is 11.3. The van der Waals surface area contributed by atoms with Crippen LogP contribution in [0.25, 0.3) is 72.4 Å². The van der Waals surface area contributed by atoms with Crippen LogP contribution in [-0.4, -0.2) is 11.7 Å². The van der Waals surface area contributed by atoms with Crippen LogP contribution in [0, 0.1) is 0 Å². The normalized spacial score (nSPS) is 12.5. The Kier molecular flexibility index (Phi) is 6.50. The SMILES string of the molecule is C1=C(c2cccc(-c3c(-c4ccccc4)c(-c4ccccc4)c(-c4cccc(-c5cnco5)c4)c4ccccc34)c2)OCN1. The molecule has 4 heteroatoms. The van der Waals surface area contributed by atoms with Crippen LogP contribution in [0.5, 0.6) is 0 Å². The largest absolute Gasteiger partial charge is 0.471 e. The number of rotatable bonds is 6. The molecule has 1 aliphatic heterocycles. The van der Waals surface area contributed by atoms with Crippen molar-refractivity contribution in [1.29, 1.82) is 0 Å². The summed E-state index contributed by atoms with van der Waals surface area (Å²) in [4.78, 5) is 4.17. The summed E-state index contributed by atoms with van der Waals surface area (Å²) in [6, 6.07) is 47.5. The van der Waals surface area contributed by atoms with Crippen LogP contribution in [0.1, 0.15) is 5.56 Å². The van der Waals surface area contributed by atoms with Gasteiger partial charge in [0.25, 0.3) is 0 Å².